The number of benzene rings is 4. The zero-order valence-corrected chi connectivity index (χ0v) is 26.1. The second-order valence-electron chi connectivity index (χ2n) is 9.73. The van der Waals surface area contributed by atoms with Gasteiger partial charge in [-0.1, -0.05) is 60.7 Å². The van der Waals surface area contributed by atoms with Crippen molar-refractivity contribution in [1.82, 2.24) is 5.32 Å². The number of thioether (sulfide) groups is 1. The highest BCUT2D eigenvalue weighted by Gasteiger charge is 2.23. The Kier molecular flexibility index (Phi) is 10.8. The largest absolute Gasteiger partial charge is 0.494 e. The summed E-state index contributed by atoms with van der Waals surface area (Å²) in [6, 6.07) is 36.5. The molecule has 1 aromatic heterocycles. The van der Waals surface area contributed by atoms with Crippen molar-refractivity contribution in [2.24, 2.45) is 0 Å². The summed E-state index contributed by atoms with van der Waals surface area (Å²) in [6.07, 6.45) is 1.65. The van der Waals surface area contributed by atoms with Gasteiger partial charge < -0.3 is 20.7 Å². The van der Waals surface area contributed by atoms with Gasteiger partial charge in [-0.15, -0.1) is 23.1 Å². The van der Waals surface area contributed by atoms with Gasteiger partial charge in [-0.25, -0.2) is 0 Å². The fourth-order valence-corrected chi connectivity index (χ4v) is 6.09. The Balaban J connectivity index is 1.33. The molecule has 9 heteroatoms. The van der Waals surface area contributed by atoms with E-state index in [0.717, 1.165) is 21.1 Å². The molecule has 3 amide bonds. The van der Waals surface area contributed by atoms with E-state index in [0.29, 0.717) is 23.5 Å². The van der Waals surface area contributed by atoms with Crippen molar-refractivity contribution in [3.05, 3.63) is 148 Å². The van der Waals surface area contributed by atoms with Crippen LogP contribution in [0, 0.1) is 0 Å². The van der Waals surface area contributed by atoms with Gasteiger partial charge in [0.05, 0.1) is 6.61 Å². The van der Waals surface area contributed by atoms with Gasteiger partial charge in [0.25, 0.3) is 11.8 Å². The van der Waals surface area contributed by atoms with Gasteiger partial charge in [0.2, 0.25) is 5.91 Å². The third-order valence-electron chi connectivity index (χ3n) is 6.48. The van der Waals surface area contributed by atoms with E-state index < -0.39 is 11.2 Å². The van der Waals surface area contributed by atoms with E-state index in [1.807, 2.05) is 103 Å². The molecule has 5 rings (SSSR count). The topological polar surface area (TPSA) is 96.5 Å². The van der Waals surface area contributed by atoms with Crippen LogP contribution in [0.25, 0.3) is 6.08 Å². The molecule has 226 valence electrons. The first kappa shape index (κ1) is 31.3. The number of rotatable bonds is 12. The maximum atomic E-state index is 13.6. The molecule has 5 aromatic rings. The van der Waals surface area contributed by atoms with Crippen molar-refractivity contribution in [1.29, 1.82) is 0 Å². The van der Waals surface area contributed by atoms with Crippen LogP contribution in [0.1, 0.15) is 33.0 Å². The van der Waals surface area contributed by atoms with E-state index in [1.165, 1.54) is 23.1 Å². The molecule has 0 saturated carbocycles. The van der Waals surface area contributed by atoms with Crippen LogP contribution in [0.3, 0.4) is 0 Å². The summed E-state index contributed by atoms with van der Waals surface area (Å²) >= 11 is 2.83. The van der Waals surface area contributed by atoms with Crippen LogP contribution in [-0.4, -0.2) is 24.3 Å². The van der Waals surface area contributed by atoms with Crippen molar-refractivity contribution in [2.75, 3.05) is 17.2 Å². The number of anilines is 2. The molecule has 0 aliphatic heterocycles. The summed E-state index contributed by atoms with van der Waals surface area (Å²) in [5.41, 5.74) is 2.58. The Morgan fingerprint density at radius 2 is 1.53 bits per heavy atom. The zero-order valence-electron chi connectivity index (χ0n) is 24.4. The number of ether oxygens (including phenoxy) is 1. The molecule has 1 atom stereocenters. The Morgan fingerprint density at radius 3 is 2.22 bits per heavy atom. The first-order chi connectivity index (χ1) is 22.0. The van der Waals surface area contributed by atoms with Crippen molar-refractivity contribution >= 4 is 58.3 Å². The lowest BCUT2D eigenvalue weighted by atomic mass is 10.1. The van der Waals surface area contributed by atoms with Gasteiger partial charge in [0.15, 0.2) is 0 Å². The molecule has 4 aromatic carbocycles. The van der Waals surface area contributed by atoms with Crippen LogP contribution in [0.5, 0.6) is 5.75 Å². The van der Waals surface area contributed by atoms with Gasteiger partial charge in [-0.2, -0.15) is 0 Å². The second kappa shape index (κ2) is 15.6. The lowest BCUT2D eigenvalue weighted by molar-refractivity contribution is -0.116. The molecule has 0 fully saturated rings. The Morgan fingerprint density at radius 1 is 0.800 bits per heavy atom. The van der Waals surface area contributed by atoms with E-state index in [-0.39, 0.29) is 17.5 Å². The van der Waals surface area contributed by atoms with E-state index in [2.05, 4.69) is 16.0 Å². The molecule has 0 radical (unpaired) electrons. The summed E-state index contributed by atoms with van der Waals surface area (Å²) < 4.78 is 5.51. The number of carbonyl (C=O) groups is 3. The minimum absolute atomic E-state index is 0.112. The third kappa shape index (κ3) is 8.95. The molecule has 0 saturated heterocycles. The van der Waals surface area contributed by atoms with Gasteiger partial charge >= 0.3 is 0 Å². The van der Waals surface area contributed by atoms with Crippen LogP contribution < -0.4 is 20.7 Å². The van der Waals surface area contributed by atoms with E-state index in [4.69, 9.17) is 4.74 Å². The molecule has 0 aliphatic carbocycles. The molecule has 0 spiro atoms. The lowest BCUT2D eigenvalue weighted by Gasteiger charge is -2.18. The molecule has 1 heterocycles. The predicted octanol–water partition coefficient (Wildman–Crippen LogP) is 8.03. The van der Waals surface area contributed by atoms with E-state index >= 15 is 0 Å². The Labute approximate surface area is 270 Å². The summed E-state index contributed by atoms with van der Waals surface area (Å²) in [5, 5.41) is 10.0. The highest BCUT2D eigenvalue weighted by Crippen LogP contribution is 2.37. The van der Waals surface area contributed by atoms with Gasteiger partial charge in [-0.3, -0.25) is 14.4 Å². The third-order valence-corrected chi connectivity index (χ3v) is 8.55. The normalized spacial score (nSPS) is 11.7. The monoisotopic (exact) mass is 633 g/mol. The summed E-state index contributed by atoms with van der Waals surface area (Å²) in [5.74, 6) is -0.309. The number of nitrogens with one attached hydrogen (secondary N) is 3. The number of amides is 3. The lowest BCUT2D eigenvalue weighted by Crippen LogP contribution is -2.30. The van der Waals surface area contributed by atoms with Gasteiger partial charge in [0.1, 0.15) is 16.7 Å². The highest BCUT2D eigenvalue weighted by molar-refractivity contribution is 8.00. The van der Waals surface area contributed by atoms with Crippen LogP contribution in [0.2, 0.25) is 0 Å². The van der Waals surface area contributed by atoms with Crippen LogP contribution in [0.15, 0.2) is 137 Å². The summed E-state index contributed by atoms with van der Waals surface area (Å²) in [6.45, 7) is 2.48. The predicted molar refractivity (Wildman–Crippen MR) is 183 cm³/mol. The van der Waals surface area contributed by atoms with Crippen molar-refractivity contribution in [2.45, 2.75) is 17.1 Å². The molecule has 0 bridgehead atoms. The number of hydrogen-bond acceptors (Lipinski definition) is 6. The SMILES string of the molecule is CCOc1ccc(NC(=O)C(Sc2cccc(NC(=O)/C(=C/c3cccs3)NC(=O)c3ccccc3)c2)c2ccccc2)cc1. The number of carbonyl (C=O) groups excluding carboxylic acids is 3. The molecular formula is C36H31N3O4S2. The number of thiophene rings is 1. The molecule has 7 nitrogen and oxygen atoms in total. The van der Waals surface area contributed by atoms with Gasteiger partial charge in [0, 0.05) is 26.7 Å². The van der Waals surface area contributed by atoms with Crippen LogP contribution >= 0.6 is 23.1 Å². The molecule has 3 N–H and O–H groups in total. The van der Waals surface area contributed by atoms with Crippen LogP contribution in [-0.2, 0) is 9.59 Å². The maximum absolute atomic E-state index is 13.6. The standard InChI is InChI=1S/C36H31N3O4S2/c1-2-43-29-20-18-27(19-21-29)37-36(42)33(25-11-5-3-6-12-25)45-31-16-9-15-28(23-31)38-35(41)32(24-30-17-10-22-44-30)39-34(40)26-13-7-4-8-14-26/h3-24,33H,2H2,1H3,(H,37,42)(H,38,41)(H,39,40)/b32-24-. The average Bonchev–Trinajstić information content (AvgIpc) is 3.58. The average molecular weight is 634 g/mol. The summed E-state index contributed by atoms with van der Waals surface area (Å²) in [4.78, 5) is 41.6. The highest BCUT2D eigenvalue weighted by atomic mass is 32.2. The minimum atomic E-state index is -0.567. The number of hydrogen-bond donors (Lipinski definition) is 3. The molecule has 1 unspecified atom stereocenters. The first-order valence-corrected chi connectivity index (χ1v) is 16.0. The maximum Gasteiger partial charge on any atom is 0.272 e. The second-order valence-corrected chi connectivity index (χ2v) is 11.9. The quantitative estimate of drug-likeness (QED) is 0.0955. The first-order valence-electron chi connectivity index (χ1n) is 14.3. The smallest absolute Gasteiger partial charge is 0.272 e. The fourth-order valence-electron chi connectivity index (χ4n) is 4.35. The minimum Gasteiger partial charge on any atom is -0.494 e. The van der Waals surface area contributed by atoms with Crippen molar-refractivity contribution < 1.29 is 19.1 Å². The van der Waals surface area contributed by atoms with Crippen molar-refractivity contribution in [3.8, 4) is 5.75 Å². The molecule has 45 heavy (non-hydrogen) atoms. The van der Waals surface area contributed by atoms with Crippen LogP contribution in [0.4, 0.5) is 11.4 Å². The Bertz CT molecular complexity index is 1760. The van der Waals surface area contributed by atoms with Crippen molar-refractivity contribution in [3.63, 3.8) is 0 Å². The van der Waals surface area contributed by atoms with E-state index in [9.17, 15) is 14.4 Å². The zero-order chi connectivity index (χ0) is 31.4. The Hall–Kier alpha value is -5.12. The molecular weight excluding hydrogens is 603 g/mol. The molecule has 0 aliphatic rings. The van der Waals surface area contributed by atoms with E-state index in [1.54, 1.807) is 36.4 Å². The fraction of sp³-hybridized carbons (Fsp3) is 0.0833. The summed E-state index contributed by atoms with van der Waals surface area (Å²) in [7, 11) is 0. The van der Waals surface area contributed by atoms with Gasteiger partial charge in [-0.05, 0) is 84.6 Å².